The molecule has 0 aliphatic rings. The summed E-state index contributed by atoms with van der Waals surface area (Å²) in [5, 5.41) is 16.0. The molecule has 0 atom stereocenters. The molecule has 34 heavy (non-hydrogen) atoms. The Morgan fingerprint density at radius 2 is 1.65 bits per heavy atom. The lowest BCUT2D eigenvalue weighted by Crippen LogP contribution is -2.14. The van der Waals surface area contributed by atoms with Crippen LogP contribution in [0.5, 0.6) is 5.75 Å². The standard InChI is InChI=1S/C23H23FN6O3S/c1-14-15(2)28-30(16(14)3)23-12-11-22(26-27-23)25-18-6-8-19(9-7-18)29-34(31,32)21-13-17(24)5-10-20(21)33-4/h5-13,29H,1-4H3,(H,25,26). The number of nitrogens with one attached hydrogen (secondary N) is 2. The third kappa shape index (κ3) is 4.69. The molecular formula is C23H23FN6O3S. The van der Waals surface area contributed by atoms with E-state index in [0.29, 0.717) is 23.0 Å². The Bertz CT molecular complexity index is 1440. The maximum Gasteiger partial charge on any atom is 0.265 e. The number of methoxy groups -OCH3 is 1. The first-order valence-corrected chi connectivity index (χ1v) is 11.8. The molecule has 4 aromatic rings. The number of benzene rings is 2. The van der Waals surface area contributed by atoms with Gasteiger partial charge in [-0.2, -0.15) is 5.10 Å². The molecule has 0 fully saturated rings. The first kappa shape index (κ1) is 23.2. The van der Waals surface area contributed by atoms with Gasteiger partial charge < -0.3 is 10.1 Å². The SMILES string of the molecule is COc1ccc(F)cc1S(=O)(=O)Nc1ccc(Nc2ccc(-n3nc(C)c(C)c3C)nn2)cc1. The lowest BCUT2D eigenvalue weighted by molar-refractivity contribution is 0.401. The van der Waals surface area contributed by atoms with Crippen molar-refractivity contribution in [2.45, 2.75) is 25.7 Å². The summed E-state index contributed by atoms with van der Waals surface area (Å²) in [5.74, 6) is 0.488. The van der Waals surface area contributed by atoms with Gasteiger partial charge in [-0.25, -0.2) is 17.5 Å². The van der Waals surface area contributed by atoms with Gasteiger partial charge in [0.15, 0.2) is 11.6 Å². The highest BCUT2D eigenvalue weighted by molar-refractivity contribution is 7.92. The normalized spacial score (nSPS) is 11.3. The molecule has 0 radical (unpaired) electrons. The number of anilines is 3. The van der Waals surface area contributed by atoms with Gasteiger partial charge >= 0.3 is 0 Å². The number of rotatable bonds is 7. The highest BCUT2D eigenvalue weighted by Crippen LogP contribution is 2.27. The minimum Gasteiger partial charge on any atom is -0.495 e. The van der Waals surface area contributed by atoms with Crippen LogP contribution in [-0.4, -0.2) is 35.5 Å². The smallest absolute Gasteiger partial charge is 0.265 e. The molecule has 11 heteroatoms. The summed E-state index contributed by atoms with van der Waals surface area (Å²) in [6.07, 6.45) is 0. The van der Waals surface area contributed by atoms with Gasteiger partial charge in [-0.05, 0) is 80.9 Å². The molecule has 0 spiro atoms. The molecule has 0 unspecified atom stereocenters. The van der Waals surface area contributed by atoms with Gasteiger partial charge in [-0.3, -0.25) is 4.72 Å². The highest BCUT2D eigenvalue weighted by Gasteiger charge is 2.20. The second-order valence-electron chi connectivity index (χ2n) is 7.59. The predicted octanol–water partition coefficient (Wildman–Crippen LogP) is 4.28. The summed E-state index contributed by atoms with van der Waals surface area (Å²) >= 11 is 0. The van der Waals surface area contributed by atoms with Crippen molar-refractivity contribution in [1.29, 1.82) is 0 Å². The Morgan fingerprint density at radius 1 is 0.941 bits per heavy atom. The molecular weight excluding hydrogens is 459 g/mol. The quantitative estimate of drug-likeness (QED) is 0.404. The minimum atomic E-state index is -4.05. The summed E-state index contributed by atoms with van der Waals surface area (Å²) < 4.78 is 48.2. The van der Waals surface area contributed by atoms with E-state index in [1.54, 1.807) is 35.0 Å². The maximum absolute atomic E-state index is 13.6. The van der Waals surface area contributed by atoms with Crippen LogP contribution in [-0.2, 0) is 10.0 Å². The first-order chi connectivity index (χ1) is 16.2. The number of hydrogen-bond acceptors (Lipinski definition) is 7. The van der Waals surface area contributed by atoms with Crippen molar-refractivity contribution >= 4 is 27.2 Å². The van der Waals surface area contributed by atoms with E-state index >= 15 is 0 Å². The average molecular weight is 483 g/mol. The minimum absolute atomic E-state index is 0.0461. The van der Waals surface area contributed by atoms with Gasteiger partial charge in [0.25, 0.3) is 10.0 Å². The van der Waals surface area contributed by atoms with Crippen molar-refractivity contribution in [3.8, 4) is 11.6 Å². The van der Waals surface area contributed by atoms with E-state index in [-0.39, 0.29) is 10.6 Å². The van der Waals surface area contributed by atoms with Crippen molar-refractivity contribution in [2.75, 3.05) is 17.1 Å². The van der Waals surface area contributed by atoms with Crippen LogP contribution in [0.2, 0.25) is 0 Å². The molecule has 176 valence electrons. The van der Waals surface area contributed by atoms with Crippen LogP contribution in [0.1, 0.15) is 17.0 Å². The van der Waals surface area contributed by atoms with Gasteiger partial charge in [0.1, 0.15) is 16.5 Å². The molecule has 2 aromatic carbocycles. The second-order valence-corrected chi connectivity index (χ2v) is 9.24. The molecule has 2 aromatic heterocycles. The van der Waals surface area contributed by atoms with Crippen molar-refractivity contribution in [3.63, 3.8) is 0 Å². The van der Waals surface area contributed by atoms with Gasteiger partial charge in [-0.15, -0.1) is 10.2 Å². The van der Waals surface area contributed by atoms with Crippen molar-refractivity contribution < 1.29 is 17.5 Å². The van der Waals surface area contributed by atoms with Crippen LogP contribution in [0.25, 0.3) is 5.82 Å². The molecule has 2 N–H and O–H groups in total. The van der Waals surface area contributed by atoms with Crippen LogP contribution >= 0.6 is 0 Å². The zero-order valence-electron chi connectivity index (χ0n) is 19.0. The zero-order chi connectivity index (χ0) is 24.5. The molecule has 0 aliphatic carbocycles. The van der Waals surface area contributed by atoms with E-state index < -0.39 is 15.8 Å². The van der Waals surface area contributed by atoms with Gasteiger partial charge in [-0.1, -0.05) is 0 Å². The number of ether oxygens (including phenoxy) is 1. The average Bonchev–Trinajstić information content (AvgIpc) is 3.08. The van der Waals surface area contributed by atoms with Crippen molar-refractivity contribution in [1.82, 2.24) is 20.0 Å². The Morgan fingerprint density at radius 3 is 2.24 bits per heavy atom. The summed E-state index contributed by atoms with van der Waals surface area (Å²) in [4.78, 5) is -0.287. The van der Waals surface area contributed by atoms with Crippen LogP contribution in [0, 0.1) is 26.6 Å². The number of sulfonamides is 1. The summed E-state index contributed by atoms with van der Waals surface area (Å²) in [7, 11) is -2.73. The van der Waals surface area contributed by atoms with Crippen LogP contribution in [0.3, 0.4) is 0 Å². The Hall–Kier alpha value is -3.99. The fraction of sp³-hybridized carbons (Fsp3) is 0.174. The third-order valence-electron chi connectivity index (χ3n) is 5.35. The topological polar surface area (TPSA) is 111 Å². The number of aryl methyl sites for hydroxylation is 1. The molecule has 0 saturated heterocycles. The molecule has 0 amide bonds. The Labute approximate surface area is 196 Å². The van der Waals surface area contributed by atoms with E-state index in [9.17, 15) is 12.8 Å². The number of halogens is 1. The summed E-state index contributed by atoms with van der Waals surface area (Å²) in [6.45, 7) is 5.93. The fourth-order valence-electron chi connectivity index (χ4n) is 3.29. The van der Waals surface area contributed by atoms with Gasteiger partial charge in [0, 0.05) is 17.1 Å². The van der Waals surface area contributed by atoms with Gasteiger partial charge in [0.2, 0.25) is 0 Å². The molecule has 0 bridgehead atoms. The van der Waals surface area contributed by atoms with Crippen LogP contribution in [0.4, 0.5) is 21.6 Å². The monoisotopic (exact) mass is 482 g/mol. The Kier molecular flexibility index (Phi) is 6.20. The number of nitrogens with zero attached hydrogens (tertiary/aromatic N) is 4. The number of hydrogen-bond donors (Lipinski definition) is 2. The first-order valence-electron chi connectivity index (χ1n) is 10.3. The van der Waals surface area contributed by atoms with E-state index in [1.165, 1.54) is 13.2 Å². The molecule has 2 heterocycles. The third-order valence-corrected chi connectivity index (χ3v) is 6.75. The highest BCUT2D eigenvalue weighted by atomic mass is 32.2. The van der Waals surface area contributed by atoms with E-state index in [2.05, 4.69) is 25.3 Å². The Balaban J connectivity index is 1.47. The van der Waals surface area contributed by atoms with Crippen LogP contribution in [0.15, 0.2) is 59.5 Å². The summed E-state index contributed by atoms with van der Waals surface area (Å²) in [5.41, 5.74) is 4.03. The summed E-state index contributed by atoms with van der Waals surface area (Å²) in [6, 6.07) is 13.4. The van der Waals surface area contributed by atoms with Crippen molar-refractivity contribution in [2.24, 2.45) is 0 Å². The molecule has 9 nitrogen and oxygen atoms in total. The van der Waals surface area contributed by atoms with Gasteiger partial charge in [0.05, 0.1) is 12.8 Å². The molecule has 0 aliphatic heterocycles. The maximum atomic E-state index is 13.6. The fourth-order valence-corrected chi connectivity index (χ4v) is 4.53. The van der Waals surface area contributed by atoms with E-state index in [4.69, 9.17) is 4.74 Å². The largest absolute Gasteiger partial charge is 0.495 e. The lowest BCUT2D eigenvalue weighted by atomic mass is 10.2. The second kappa shape index (κ2) is 9.10. The molecule has 4 rings (SSSR count). The number of aromatic nitrogens is 4. The van der Waals surface area contributed by atoms with E-state index in [1.807, 2.05) is 26.8 Å². The van der Waals surface area contributed by atoms with Crippen molar-refractivity contribution in [3.05, 3.63) is 77.4 Å². The molecule has 0 saturated carbocycles. The zero-order valence-corrected chi connectivity index (χ0v) is 19.8. The van der Waals surface area contributed by atoms with E-state index in [0.717, 1.165) is 29.1 Å². The predicted molar refractivity (Wildman–Crippen MR) is 127 cm³/mol. The van der Waals surface area contributed by atoms with Crippen LogP contribution < -0.4 is 14.8 Å². The lowest BCUT2D eigenvalue weighted by Gasteiger charge is -2.12.